The molecule has 1 aliphatic heterocycles. The van der Waals surface area contributed by atoms with Gasteiger partial charge in [-0.25, -0.2) is 28.6 Å². The van der Waals surface area contributed by atoms with Crippen molar-refractivity contribution in [2.24, 2.45) is 11.3 Å². The third-order valence-electron chi connectivity index (χ3n) is 8.78. The maximum atomic E-state index is 12.7. The van der Waals surface area contributed by atoms with Gasteiger partial charge in [-0.1, -0.05) is 55.9 Å². The fraction of sp³-hybridized carbons (Fsp3) is 0.500. The monoisotopic (exact) mass is 971 g/mol. The van der Waals surface area contributed by atoms with Crippen molar-refractivity contribution < 1.29 is 95.2 Å². The lowest BCUT2D eigenvalue weighted by atomic mass is 9.87. The summed E-state index contributed by atoms with van der Waals surface area (Å²) >= 11 is 0.659. The quantitative estimate of drug-likeness (QED) is 0.0237. The number of carbonyl (C=O) groups excluding carboxylic acids is 4. The summed E-state index contributed by atoms with van der Waals surface area (Å²) in [6, 6.07) is 7.69. The first kappa shape index (κ1) is 51.6. The molecule has 2 amide bonds. The smallest absolute Gasteiger partial charge is 0.481 e. The Morgan fingerprint density at radius 2 is 1.65 bits per heavy atom. The maximum Gasteiger partial charge on any atom is 0.481 e. The van der Waals surface area contributed by atoms with Gasteiger partial charge in [-0.15, -0.1) is 0 Å². The van der Waals surface area contributed by atoms with Crippen molar-refractivity contribution in [2.45, 2.75) is 57.3 Å². The molecule has 1 fully saturated rings. The van der Waals surface area contributed by atoms with Gasteiger partial charge >= 0.3 is 29.4 Å². The van der Waals surface area contributed by atoms with Gasteiger partial charge in [0.2, 0.25) is 11.8 Å². The molecule has 8 atom stereocenters. The number of imidazole rings is 1. The number of carboxylic acids is 1. The van der Waals surface area contributed by atoms with Gasteiger partial charge in [0.25, 0.3) is 0 Å². The molecule has 0 saturated carbocycles. The van der Waals surface area contributed by atoms with Gasteiger partial charge in [0.05, 0.1) is 26.0 Å². The van der Waals surface area contributed by atoms with Crippen LogP contribution < -0.4 is 16.4 Å². The predicted octanol–water partition coefficient (Wildman–Crippen LogP) is -0.361. The number of carbonyl (C=O) groups is 5. The molecule has 0 aliphatic carbocycles. The van der Waals surface area contributed by atoms with E-state index in [2.05, 4.69) is 34.4 Å². The number of aliphatic hydroxyl groups excluding tert-OH is 2. The molecule has 0 bridgehead atoms. The Bertz CT molecular complexity index is 2280. The van der Waals surface area contributed by atoms with Crippen molar-refractivity contribution in [3.8, 4) is 0 Å². The van der Waals surface area contributed by atoms with Gasteiger partial charge in [0, 0.05) is 36.2 Å². The number of anilines is 1. The molecule has 1 aliphatic rings. The molecule has 348 valence electrons. The number of carboxylic acid groups (broad SMARTS) is 1. The highest BCUT2D eigenvalue weighted by atomic mass is 32.2. The number of hydrogen-bond acceptors (Lipinski definition) is 20. The van der Waals surface area contributed by atoms with E-state index in [0.29, 0.717) is 11.8 Å². The summed E-state index contributed by atoms with van der Waals surface area (Å²) in [5.74, 6) is -5.16. The summed E-state index contributed by atoms with van der Waals surface area (Å²) in [6.07, 6.45) is -7.99. The molecule has 63 heavy (non-hydrogen) atoms. The van der Waals surface area contributed by atoms with E-state index < -0.39 is 114 Å². The van der Waals surface area contributed by atoms with Crippen LogP contribution in [0.25, 0.3) is 11.2 Å². The van der Waals surface area contributed by atoms with Gasteiger partial charge in [-0.3, -0.25) is 42.1 Å². The van der Waals surface area contributed by atoms with E-state index >= 15 is 0 Å². The van der Waals surface area contributed by atoms with Crippen LogP contribution in [-0.4, -0.2) is 140 Å². The molecular weight excluding hydrogens is 927 g/mol. The zero-order valence-corrected chi connectivity index (χ0v) is 36.5. The van der Waals surface area contributed by atoms with E-state index in [4.69, 9.17) is 19.5 Å². The number of nitrogen functional groups attached to an aromatic ring is 1. The van der Waals surface area contributed by atoms with Gasteiger partial charge < -0.3 is 56.0 Å². The lowest BCUT2D eigenvalue weighted by Crippen LogP contribution is -2.46. The zero-order valence-electron chi connectivity index (χ0n) is 33.0. The Labute approximate surface area is 360 Å². The molecule has 3 unspecified atom stereocenters. The summed E-state index contributed by atoms with van der Waals surface area (Å²) in [5.41, 5.74) is 4.32. The van der Waals surface area contributed by atoms with Crippen molar-refractivity contribution in [3.05, 3.63) is 48.5 Å². The minimum Gasteiger partial charge on any atom is -0.481 e. The normalized spacial score (nSPS) is 20.9. The first-order valence-electron chi connectivity index (χ1n) is 18.2. The number of fused-ring (bicyclic) bond motifs is 1. The van der Waals surface area contributed by atoms with Gasteiger partial charge in [0.1, 0.15) is 42.2 Å². The molecular formula is C32H44N7O20P3S. The number of ether oxygens (including phenoxy) is 1. The number of rotatable bonds is 24. The SMILES string of the molecule is CC(C)(COP(=O)(O)OP(=O)(O)OC[C@H]1O[C@@H](n2cnc3c(N)ncnc32)[C@H](O)[C@@H]1OP(=O)(O)O)[C@@H](O)C(=O)NCCC(=O)NCCSC(=O)C(CC(=O)O)C(=O)c1ccccc1. The molecule has 11 N–H and O–H groups in total. The van der Waals surface area contributed by atoms with Crippen LogP contribution in [0.5, 0.6) is 0 Å². The van der Waals surface area contributed by atoms with E-state index in [1.54, 1.807) is 18.2 Å². The molecule has 0 spiro atoms. The van der Waals surface area contributed by atoms with E-state index in [1.807, 2.05) is 0 Å². The molecule has 31 heteroatoms. The molecule has 0 radical (unpaired) electrons. The number of aliphatic hydroxyl groups is 2. The second-order valence-corrected chi connectivity index (χ2v) is 19.5. The highest BCUT2D eigenvalue weighted by Gasteiger charge is 2.50. The second kappa shape index (κ2) is 21.7. The number of phosphoric acid groups is 3. The summed E-state index contributed by atoms with van der Waals surface area (Å²) in [5, 5.41) is 34.8. The Morgan fingerprint density at radius 1 is 0.984 bits per heavy atom. The Morgan fingerprint density at radius 3 is 2.30 bits per heavy atom. The van der Waals surface area contributed by atoms with Crippen LogP contribution >= 0.6 is 35.2 Å². The topological polar surface area (TPSA) is 418 Å². The lowest BCUT2D eigenvalue weighted by Gasteiger charge is -2.30. The standard InChI is InChI=1S/C32H44N7O20P3S/c1-32(2,26(45)29(46)35-9-8-20(40)34-10-11-63-31(47)18(12-21(41)42)23(43)17-6-4-3-5-7-17)14-56-62(53,54)59-61(51,52)55-13-19-25(58-60(48,49)50)24(44)30(57-19)39-16-38-22-27(33)36-15-37-28(22)39/h3-7,15-16,18-19,24-26,30,44-45H,8-14H2,1-2H3,(H,34,40)(H,35,46)(H,41,42)(H,51,52)(H,53,54)(H2,33,36,37)(H2,48,49,50)/t18?,19-,24-,25-,26+,30-/m1/s1. The average molecular weight is 972 g/mol. The number of nitrogens with zero attached hydrogens (tertiary/aromatic N) is 4. The Kier molecular flexibility index (Phi) is 17.8. The van der Waals surface area contributed by atoms with E-state index in [1.165, 1.54) is 26.0 Å². The van der Waals surface area contributed by atoms with Crippen molar-refractivity contribution in [1.82, 2.24) is 30.2 Å². The maximum absolute atomic E-state index is 12.7. The number of thioether (sulfide) groups is 1. The average Bonchev–Trinajstić information content (AvgIpc) is 3.76. The van der Waals surface area contributed by atoms with Crippen LogP contribution in [-0.2, 0) is 55.5 Å². The van der Waals surface area contributed by atoms with E-state index in [9.17, 15) is 72.6 Å². The molecule has 1 aromatic carbocycles. The number of amides is 2. The second-order valence-electron chi connectivity index (χ2n) is 14.1. The Balaban J connectivity index is 1.21. The van der Waals surface area contributed by atoms with Gasteiger partial charge in [-0.05, 0) is 0 Å². The number of nitrogens with two attached hydrogens (primary N) is 1. The number of aliphatic carboxylic acids is 1. The first-order chi connectivity index (χ1) is 29.3. The minimum atomic E-state index is -5.62. The van der Waals surface area contributed by atoms with Gasteiger partial charge in [-0.2, -0.15) is 4.31 Å². The predicted molar refractivity (Wildman–Crippen MR) is 214 cm³/mol. The lowest BCUT2D eigenvalue weighted by molar-refractivity contribution is -0.139. The van der Waals surface area contributed by atoms with Crippen molar-refractivity contribution >= 4 is 80.9 Å². The van der Waals surface area contributed by atoms with Crippen LogP contribution in [0.1, 0.15) is 43.3 Å². The molecule has 1 saturated heterocycles. The summed E-state index contributed by atoms with van der Waals surface area (Å²) in [4.78, 5) is 113. The first-order valence-corrected chi connectivity index (χ1v) is 23.7. The van der Waals surface area contributed by atoms with Crippen LogP contribution in [0.4, 0.5) is 5.82 Å². The van der Waals surface area contributed by atoms with Crippen molar-refractivity contribution in [1.29, 1.82) is 0 Å². The zero-order chi connectivity index (χ0) is 46.9. The van der Waals surface area contributed by atoms with Crippen LogP contribution in [0.15, 0.2) is 43.0 Å². The Hall–Kier alpha value is -4.08. The van der Waals surface area contributed by atoms with Crippen LogP contribution in [0.2, 0.25) is 0 Å². The molecule has 27 nitrogen and oxygen atoms in total. The molecule has 4 rings (SSSR count). The van der Waals surface area contributed by atoms with E-state index in [-0.39, 0.29) is 47.8 Å². The molecule has 3 aromatic rings. The third kappa shape index (κ3) is 15.0. The number of hydrogen-bond donors (Lipinski definition) is 10. The van der Waals surface area contributed by atoms with Crippen molar-refractivity contribution in [3.63, 3.8) is 0 Å². The number of benzene rings is 1. The largest absolute Gasteiger partial charge is 0.481 e. The number of aromatic nitrogens is 4. The molecule has 2 aromatic heterocycles. The third-order valence-corrected chi connectivity index (χ3v) is 12.9. The number of nitrogens with one attached hydrogen (secondary N) is 2. The van der Waals surface area contributed by atoms with E-state index in [0.717, 1.165) is 17.2 Å². The summed E-state index contributed by atoms with van der Waals surface area (Å²) < 4.78 is 62.2. The fourth-order valence-electron chi connectivity index (χ4n) is 5.64. The minimum absolute atomic E-state index is 0.00949. The van der Waals surface area contributed by atoms with Crippen molar-refractivity contribution in [2.75, 3.05) is 37.8 Å². The summed E-state index contributed by atoms with van der Waals surface area (Å²) in [7, 11) is -16.5. The van der Waals surface area contributed by atoms with Crippen LogP contribution in [0, 0.1) is 11.3 Å². The van der Waals surface area contributed by atoms with Crippen LogP contribution in [0.3, 0.4) is 0 Å². The fourth-order valence-corrected chi connectivity index (χ4v) is 9.27. The summed E-state index contributed by atoms with van der Waals surface area (Å²) in [6.45, 7) is -0.0734. The number of phosphoric ester groups is 3. The van der Waals surface area contributed by atoms with Gasteiger partial charge in [0.15, 0.2) is 28.6 Å². The molecule has 3 heterocycles. The number of Topliss-reactive ketones (excluding diaryl/α,β-unsaturated/α-hetero) is 1. The highest BCUT2D eigenvalue weighted by molar-refractivity contribution is 8.13. The highest BCUT2D eigenvalue weighted by Crippen LogP contribution is 2.61. The number of ketones is 1.